The van der Waals surface area contributed by atoms with Crippen LogP contribution in [0, 0.1) is 5.92 Å². The highest BCUT2D eigenvalue weighted by molar-refractivity contribution is 7.12. The van der Waals surface area contributed by atoms with E-state index in [0.717, 1.165) is 29.9 Å². The van der Waals surface area contributed by atoms with Crippen molar-refractivity contribution in [1.29, 1.82) is 0 Å². The normalized spacial score (nSPS) is 15.7. The number of hydrogen-bond acceptors (Lipinski definition) is 5. The lowest BCUT2D eigenvalue weighted by Crippen LogP contribution is -2.30. The van der Waals surface area contributed by atoms with Crippen LogP contribution in [0.2, 0.25) is 0 Å². The van der Waals surface area contributed by atoms with Gasteiger partial charge in [-0.1, -0.05) is 12.1 Å². The number of anilines is 1. The molecule has 2 heterocycles. The highest BCUT2D eigenvalue weighted by atomic mass is 32.1. The molecule has 2 aromatic carbocycles. The second-order valence-corrected chi connectivity index (χ2v) is 8.65. The minimum atomic E-state index is -0.153. The van der Waals surface area contributed by atoms with Gasteiger partial charge in [-0.15, -0.1) is 11.3 Å². The van der Waals surface area contributed by atoms with Crippen molar-refractivity contribution >= 4 is 28.8 Å². The summed E-state index contributed by atoms with van der Waals surface area (Å²) in [5, 5.41) is 7.89. The molecule has 0 radical (unpaired) electrons. The lowest BCUT2D eigenvalue weighted by Gasteiger charge is -2.23. The average Bonchev–Trinajstić information content (AvgIpc) is 3.49. The minimum Gasteiger partial charge on any atom is -0.486 e. The van der Waals surface area contributed by atoms with Crippen LogP contribution in [-0.2, 0) is 0 Å². The summed E-state index contributed by atoms with van der Waals surface area (Å²) in [4.78, 5) is 25.7. The molecule has 1 aliphatic heterocycles. The van der Waals surface area contributed by atoms with Gasteiger partial charge in [-0.25, -0.2) is 0 Å². The van der Waals surface area contributed by atoms with Crippen LogP contribution >= 0.6 is 11.3 Å². The molecule has 2 amide bonds. The van der Waals surface area contributed by atoms with Crippen molar-refractivity contribution in [3.05, 3.63) is 76.0 Å². The molecule has 31 heavy (non-hydrogen) atoms. The summed E-state index contributed by atoms with van der Waals surface area (Å²) in [5.74, 6) is 1.61. The van der Waals surface area contributed by atoms with Crippen LogP contribution in [0.5, 0.6) is 11.5 Å². The second kappa shape index (κ2) is 8.43. The maximum absolute atomic E-state index is 12.9. The quantitative estimate of drug-likeness (QED) is 0.592. The van der Waals surface area contributed by atoms with Crippen LogP contribution < -0.4 is 20.1 Å². The molecule has 1 aromatic heterocycles. The van der Waals surface area contributed by atoms with Crippen LogP contribution in [0.4, 0.5) is 5.69 Å². The van der Waals surface area contributed by atoms with Crippen molar-refractivity contribution < 1.29 is 19.1 Å². The lowest BCUT2D eigenvalue weighted by atomic mass is 10.0. The number of carbonyl (C=O) groups excluding carboxylic acids is 2. The Kier molecular flexibility index (Phi) is 5.34. The van der Waals surface area contributed by atoms with E-state index in [2.05, 4.69) is 10.6 Å². The third kappa shape index (κ3) is 4.41. The van der Waals surface area contributed by atoms with E-state index >= 15 is 0 Å². The van der Waals surface area contributed by atoms with E-state index in [1.807, 2.05) is 29.6 Å². The van der Waals surface area contributed by atoms with Crippen molar-refractivity contribution in [1.82, 2.24) is 5.32 Å². The first-order valence-corrected chi connectivity index (χ1v) is 11.2. The van der Waals surface area contributed by atoms with Crippen LogP contribution in [0.15, 0.2) is 60.0 Å². The van der Waals surface area contributed by atoms with E-state index in [4.69, 9.17) is 9.47 Å². The third-order valence-corrected chi connectivity index (χ3v) is 6.32. The standard InChI is InChI=1S/C24H22N2O4S/c27-23(16-5-8-18(9-6-16)25-24(28)21-2-1-13-31-21)26-22(15-3-4-15)17-7-10-19-20(14-17)30-12-11-29-19/h1-2,5-10,13-15,22H,3-4,11-12H2,(H,25,28)(H,26,27). The van der Waals surface area contributed by atoms with Gasteiger partial charge in [0.25, 0.3) is 11.8 Å². The molecule has 7 heteroatoms. The van der Waals surface area contributed by atoms with Crippen molar-refractivity contribution in [2.45, 2.75) is 18.9 Å². The molecule has 2 N–H and O–H groups in total. The van der Waals surface area contributed by atoms with Crippen molar-refractivity contribution in [3.8, 4) is 11.5 Å². The highest BCUT2D eigenvalue weighted by Crippen LogP contribution is 2.43. The van der Waals surface area contributed by atoms with Gasteiger partial charge in [-0.2, -0.15) is 0 Å². The fourth-order valence-electron chi connectivity index (χ4n) is 3.69. The summed E-state index contributed by atoms with van der Waals surface area (Å²) in [6, 6.07) is 16.4. The zero-order valence-corrected chi connectivity index (χ0v) is 17.6. The molecule has 6 nitrogen and oxygen atoms in total. The number of fused-ring (bicyclic) bond motifs is 1. The largest absolute Gasteiger partial charge is 0.486 e. The molecule has 1 aliphatic carbocycles. The van der Waals surface area contributed by atoms with E-state index in [0.29, 0.717) is 35.3 Å². The Morgan fingerprint density at radius 1 is 0.935 bits per heavy atom. The first kappa shape index (κ1) is 19.6. The second-order valence-electron chi connectivity index (χ2n) is 7.70. The van der Waals surface area contributed by atoms with Gasteiger partial charge in [0.15, 0.2) is 11.5 Å². The molecule has 1 unspecified atom stereocenters. The van der Waals surface area contributed by atoms with Gasteiger partial charge in [0.1, 0.15) is 13.2 Å². The molecular formula is C24H22N2O4S. The first-order valence-electron chi connectivity index (χ1n) is 10.3. The van der Waals surface area contributed by atoms with E-state index in [-0.39, 0.29) is 17.9 Å². The molecule has 3 aromatic rings. The summed E-state index contributed by atoms with van der Waals surface area (Å²) >= 11 is 1.39. The van der Waals surface area contributed by atoms with Gasteiger partial charge in [0, 0.05) is 11.3 Å². The fourth-order valence-corrected chi connectivity index (χ4v) is 4.31. The Morgan fingerprint density at radius 2 is 1.71 bits per heavy atom. The van der Waals surface area contributed by atoms with Crippen LogP contribution in [0.1, 0.15) is 44.5 Å². The predicted octanol–water partition coefficient (Wildman–Crippen LogP) is 4.65. The zero-order chi connectivity index (χ0) is 21.2. The summed E-state index contributed by atoms with van der Waals surface area (Å²) < 4.78 is 11.3. The molecule has 2 aliphatic rings. The predicted molar refractivity (Wildman–Crippen MR) is 119 cm³/mol. The maximum atomic E-state index is 12.9. The smallest absolute Gasteiger partial charge is 0.265 e. The average molecular weight is 435 g/mol. The Balaban J connectivity index is 1.27. The van der Waals surface area contributed by atoms with Gasteiger partial charge in [-0.3, -0.25) is 9.59 Å². The van der Waals surface area contributed by atoms with Crippen LogP contribution in [-0.4, -0.2) is 25.0 Å². The van der Waals surface area contributed by atoms with E-state index in [9.17, 15) is 9.59 Å². The Morgan fingerprint density at radius 3 is 2.42 bits per heavy atom. The molecule has 0 spiro atoms. The third-order valence-electron chi connectivity index (χ3n) is 5.46. The van der Waals surface area contributed by atoms with Crippen LogP contribution in [0.3, 0.4) is 0 Å². The van der Waals surface area contributed by atoms with Gasteiger partial charge < -0.3 is 20.1 Å². The lowest BCUT2D eigenvalue weighted by molar-refractivity contribution is 0.0931. The number of nitrogens with one attached hydrogen (secondary N) is 2. The van der Waals surface area contributed by atoms with Gasteiger partial charge in [0.05, 0.1) is 10.9 Å². The minimum absolute atomic E-state index is 0.0680. The number of benzene rings is 2. The van der Waals surface area contributed by atoms with E-state index in [1.165, 1.54) is 11.3 Å². The highest BCUT2D eigenvalue weighted by Gasteiger charge is 2.34. The van der Waals surface area contributed by atoms with Gasteiger partial charge in [0.2, 0.25) is 0 Å². The monoisotopic (exact) mass is 434 g/mol. The summed E-state index contributed by atoms with van der Waals surface area (Å²) in [6.07, 6.45) is 2.18. The summed E-state index contributed by atoms with van der Waals surface area (Å²) in [6.45, 7) is 1.09. The van der Waals surface area contributed by atoms with E-state index in [1.54, 1.807) is 30.3 Å². The SMILES string of the molecule is O=C(NC(c1ccc2c(c1)OCCO2)C1CC1)c1ccc(NC(=O)c2cccs2)cc1. The number of rotatable bonds is 6. The molecule has 0 saturated heterocycles. The zero-order valence-electron chi connectivity index (χ0n) is 16.8. The van der Waals surface area contributed by atoms with Gasteiger partial charge in [-0.05, 0) is 72.2 Å². The van der Waals surface area contributed by atoms with Crippen molar-refractivity contribution in [3.63, 3.8) is 0 Å². The summed E-state index contributed by atoms with van der Waals surface area (Å²) in [7, 11) is 0. The Hall–Kier alpha value is -3.32. The fraction of sp³-hybridized carbons (Fsp3) is 0.250. The molecule has 1 fully saturated rings. The molecule has 1 saturated carbocycles. The molecular weight excluding hydrogens is 412 g/mol. The Bertz CT molecular complexity index is 1090. The number of amides is 2. The van der Waals surface area contributed by atoms with E-state index < -0.39 is 0 Å². The molecule has 0 bridgehead atoms. The topological polar surface area (TPSA) is 76.7 Å². The number of ether oxygens (including phenoxy) is 2. The van der Waals surface area contributed by atoms with Crippen LogP contribution in [0.25, 0.3) is 0 Å². The van der Waals surface area contributed by atoms with Crippen molar-refractivity contribution in [2.24, 2.45) is 5.92 Å². The van der Waals surface area contributed by atoms with Crippen molar-refractivity contribution in [2.75, 3.05) is 18.5 Å². The number of carbonyl (C=O) groups is 2. The Labute approximate surface area is 184 Å². The maximum Gasteiger partial charge on any atom is 0.265 e. The first-order chi connectivity index (χ1) is 15.2. The summed E-state index contributed by atoms with van der Waals surface area (Å²) in [5.41, 5.74) is 2.23. The molecule has 5 rings (SSSR count). The van der Waals surface area contributed by atoms with Gasteiger partial charge >= 0.3 is 0 Å². The molecule has 158 valence electrons. The molecule has 1 atom stereocenters. The number of hydrogen-bond donors (Lipinski definition) is 2. The number of thiophene rings is 1.